The highest BCUT2D eigenvalue weighted by molar-refractivity contribution is 7.10. The van der Waals surface area contributed by atoms with Crippen LogP contribution in [0, 0.1) is 6.92 Å². The van der Waals surface area contributed by atoms with Gasteiger partial charge in [-0.15, -0.1) is 11.3 Å². The Morgan fingerprint density at radius 2 is 2.26 bits per heavy atom. The molecule has 2 N–H and O–H groups in total. The summed E-state index contributed by atoms with van der Waals surface area (Å²) in [4.78, 5) is 10.1. The molecule has 0 radical (unpaired) electrons. The van der Waals surface area contributed by atoms with Crippen LogP contribution in [-0.2, 0) is 0 Å². The predicted octanol–water partition coefficient (Wildman–Crippen LogP) is 3.84. The van der Waals surface area contributed by atoms with E-state index in [1.54, 1.807) is 11.3 Å². The van der Waals surface area contributed by atoms with Gasteiger partial charge in [0.15, 0.2) is 0 Å². The average Bonchev–Trinajstić information content (AvgIpc) is 2.93. The van der Waals surface area contributed by atoms with E-state index in [0.717, 1.165) is 24.3 Å². The highest BCUT2D eigenvalue weighted by Gasteiger charge is 2.10. The number of thiophene rings is 1. The van der Waals surface area contributed by atoms with Crippen molar-refractivity contribution in [2.24, 2.45) is 0 Å². The number of aryl methyl sites for hydroxylation is 1. The van der Waals surface area contributed by atoms with Crippen LogP contribution in [-0.4, -0.2) is 16.5 Å². The van der Waals surface area contributed by atoms with Crippen LogP contribution >= 0.6 is 11.3 Å². The summed E-state index contributed by atoms with van der Waals surface area (Å²) in [5.41, 5.74) is 1.06. The van der Waals surface area contributed by atoms with Gasteiger partial charge in [0.25, 0.3) is 0 Å². The average molecular weight is 276 g/mol. The standard InChI is InChI=1S/C14H20N4S/c1-4-7-15-14-16-9-10(2)13(18-14)17-11(3)12-6-5-8-19-12/h5-6,8-9,11H,4,7H2,1-3H3,(H2,15,16,17,18). The van der Waals surface area contributed by atoms with Crippen LogP contribution in [0.25, 0.3) is 0 Å². The third-order valence-electron chi connectivity index (χ3n) is 2.83. The second-order valence-corrected chi connectivity index (χ2v) is 5.51. The Morgan fingerprint density at radius 3 is 2.95 bits per heavy atom. The van der Waals surface area contributed by atoms with Crippen LogP contribution in [0.2, 0.25) is 0 Å². The first kappa shape index (κ1) is 13.8. The van der Waals surface area contributed by atoms with Crippen molar-refractivity contribution in [3.63, 3.8) is 0 Å². The lowest BCUT2D eigenvalue weighted by Gasteiger charge is -2.15. The first-order chi connectivity index (χ1) is 9.20. The maximum Gasteiger partial charge on any atom is 0.224 e. The topological polar surface area (TPSA) is 49.8 Å². The van der Waals surface area contributed by atoms with Crippen LogP contribution in [0.4, 0.5) is 11.8 Å². The second kappa shape index (κ2) is 6.52. The first-order valence-electron chi connectivity index (χ1n) is 6.58. The van der Waals surface area contributed by atoms with Crippen molar-refractivity contribution in [3.05, 3.63) is 34.2 Å². The fraction of sp³-hybridized carbons (Fsp3) is 0.429. The van der Waals surface area contributed by atoms with Gasteiger partial charge in [-0.2, -0.15) is 4.98 Å². The first-order valence-corrected chi connectivity index (χ1v) is 7.46. The molecule has 0 saturated heterocycles. The number of hydrogen-bond donors (Lipinski definition) is 2. The summed E-state index contributed by atoms with van der Waals surface area (Å²) in [7, 11) is 0. The molecule has 0 aliphatic carbocycles. The molecule has 0 fully saturated rings. The number of aromatic nitrogens is 2. The molecule has 0 aliphatic rings. The van der Waals surface area contributed by atoms with Crippen molar-refractivity contribution in [1.29, 1.82) is 0 Å². The normalized spacial score (nSPS) is 12.2. The fourth-order valence-electron chi connectivity index (χ4n) is 1.72. The summed E-state index contributed by atoms with van der Waals surface area (Å²) >= 11 is 1.75. The van der Waals surface area contributed by atoms with Crippen LogP contribution in [0.5, 0.6) is 0 Å². The number of hydrogen-bond acceptors (Lipinski definition) is 5. The zero-order valence-corrected chi connectivity index (χ0v) is 12.4. The molecule has 0 amide bonds. The highest BCUT2D eigenvalue weighted by Crippen LogP contribution is 2.24. The maximum atomic E-state index is 4.53. The van der Waals surface area contributed by atoms with E-state index in [9.17, 15) is 0 Å². The van der Waals surface area contributed by atoms with Crippen LogP contribution < -0.4 is 10.6 Å². The van der Waals surface area contributed by atoms with Gasteiger partial charge < -0.3 is 10.6 Å². The van der Waals surface area contributed by atoms with E-state index in [1.165, 1.54) is 4.88 Å². The molecule has 0 aromatic carbocycles. The van der Waals surface area contributed by atoms with Crippen molar-refractivity contribution in [1.82, 2.24) is 9.97 Å². The largest absolute Gasteiger partial charge is 0.362 e. The molecule has 2 heterocycles. The maximum absolute atomic E-state index is 4.53. The number of rotatable bonds is 6. The zero-order valence-electron chi connectivity index (χ0n) is 11.6. The van der Waals surface area contributed by atoms with Gasteiger partial charge in [0.2, 0.25) is 5.95 Å². The van der Waals surface area contributed by atoms with E-state index in [4.69, 9.17) is 0 Å². The highest BCUT2D eigenvalue weighted by atomic mass is 32.1. The second-order valence-electron chi connectivity index (χ2n) is 4.53. The van der Waals surface area contributed by atoms with Gasteiger partial charge in [0.05, 0.1) is 6.04 Å². The zero-order chi connectivity index (χ0) is 13.7. The van der Waals surface area contributed by atoms with Crippen molar-refractivity contribution < 1.29 is 0 Å². The molecule has 0 bridgehead atoms. The van der Waals surface area contributed by atoms with Gasteiger partial charge in [0, 0.05) is 23.2 Å². The molecule has 5 heteroatoms. The summed E-state index contributed by atoms with van der Waals surface area (Å²) in [5, 5.41) is 8.75. The molecule has 4 nitrogen and oxygen atoms in total. The smallest absolute Gasteiger partial charge is 0.224 e. The van der Waals surface area contributed by atoms with Gasteiger partial charge in [-0.3, -0.25) is 0 Å². The molecule has 0 spiro atoms. The lowest BCUT2D eigenvalue weighted by Crippen LogP contribution is -2.11. The Labute approximate surface area is 118 Å². The van der Waals surface area contributed by atoms with Crippen LogP contribution in [0.1, 0.15) is 36.8 Å². The molecule has 1 atom stereocenters. The van der Waals surface area contributed by atoms with Gasteiger partial charge in [-0.1, -0.05) is 13.0 Å². The third-order valence-corrected chi connectivity index (χ3v) is 3.88. The summed E-state index contributed by atoms with van der Waals surface area (Å²) in [6.07, 6.45) is 2.92. The van der Waals surface area contributed by atoms with Gasteiger partial charge in [-0.05, 0) is 31.7 Å². The van der Waals surface area contributed by atoms with E-state index in [1.807, 2.05) is 13.1 Å². The summed E-state index contributed by atoms with van der Waals surface area (Å²) in [6, 6.07) is 4.46. The van der Waals surface area contributed by atoms with Crippen molar-refractivity contribution in [2.45, 2.75) is 33.2 Å². The third kappa shape index (κ3) is 3.67. The molecule has 0 aliphatic heterocycles. The van der Waals surface area contributed by atoms with E-state index >= 15 is 0 Å². The number of nitrogens with one attached hydrogen (secondary N) is 2. The Bertz CT molecular complexity index is 510. The van der Waals surface area contributed by atoms with E-state index in [0.29, 0.717) is 5.95 Å². The molecule has 19 heavy (non-hydrogen) atoms. The molecule has 0 saturated carbocycles. The SMILES string of the molecule is CCCNc1ncc(C)c(NC(C)c2cccs2)n1. The van der Waals surface area contributed by atoms with E-state index in [2.05, 4.69) is 52.0 Å². The molecule has 2 rings (SSSR count). The Hall–Kier alpha value is -1.62. The quantitative estimate of drug-likeness (QED) is 0.841. The lowest BCUT2D eigenvalue weighted by molar-refractivity contribution is 0.884. The fourth-order valence-corrected chi connectivity index (χ4v) is 2.46. The Morgan fingerprint density at radius 1 is 1.42 bits per heavy atom. The van der Waals surface area contributed by atoms with E-state index < -0.39 is 0 Å². The minimum absolute atomic E-state index is 0.257. The summed E-state index contributed by atoms with van der Waals surface area (Å²) in [5.74, 6) is 1.59. The van der Waals surface area contributed by atoms with Gasteiger partial charge in [0.1, 0.15) is 5.82 Å². The van der Waals surface area contributed by atoms with Crippen molar-refractivity contribution >= 4 is 23.1 Å². The van der Waals surface area contributed by atoms with Crippen LogP contribution in [0.15, 0.2) is 23.7 Å². The van der Waals surface area contributed by atoms with Crippen molar-refractivity contribution in [2.75, 3.05) is 17.2 Å². The molecule has 102 valence electrons. The Balaban J connectivity index is 2.10. The van der Waals surface area contributed by atoms with Gasteiger partial charge in [-0.25, -0.2) is 4.98 Å². The molecule has 2 aromatic rings. The number of anilines is 2. The molecular formula is C14H20N4S. The van der Waals surface area contributed by atoms with E-state index in [-0.39, 0.29) is 6.04 Å². The van der Waals surface area contributed by atoms with Crippen molar-refractivity contribution in [3.8, 4) is 0 Å². The monoisotopic (exact) mass is 276 g/mol. The minimum atomic E-state index is 0.257. The summed E-state index contributed by atoms with van der Waals surface area (Å²) in [6.45, 7) is 7.18. The molecular weight excluding hydrogens is 256 g/mol. The Kier molecular flexibility index (Phi) is 4.74. The molecule has 1 unspecified atom stereocenters. The number of nitrogens with zero attached hydrogens (tertiary/aromatic N) is 2. The lowest BCUT2D eigenvalue weighted by atomic mass is 10.2. The predicted molar refractivity (Wildman–Crippen MR) is 81.9 cm³/mol. The minimum Gasteiger partial charge on any atom is -0.362 e. The van der Waals surface area contributed by atoms with Gasteiger partial charge >= 0.3 is 0 Å². The molecule has 2 aromatic heterocycles. The van der Waals surface area contributed by atoms with Crippen LogP contribution in [0.3, 0.4) is 0 Å². The summed E-state index contributed by atoms with van der Waals surface area (Å²) < 4.78 is 0.